The SMILES string of the molecule is Cc1cc(CN[C@@H](C)c2cnn(-c3ccc(F)cc3F)c2C)cc(C)c1O. The van der Waals surface area contributed by atoms with Crippen molar-refractivity contribution in [3.05, 3.63) is 76.1 Å². The average Bonchev–Trinajstić information content (AvgIpc) is 2.99. The minimum absolute atomic E-state index is 0.0170. The van der Waals surface area contributed by atoms with Gasteiger partial charge in [-0.15, -0.1) is 0 Å². The summed E-state index contributed by atoms with van der Waals surface area (Å²) < 4.78 is 28.7. The summed E-state index contributed by atoms with van der Waals surface area (Å²) in [5, 5.41) is 17.6. The summed E-state index contributed by atoms with van der Waals surface area (Å²) in [6.07, 6.45) is 1.70. The van der Waals surface area contributed by atoms with Crippen LogP contribution < -0.4 is 5.32 Å². The first-order valence-corrected chi connectivity index (χ1v) is 8.80. The molecule has 2 N–H and O–H groups in total. The lowest BCUT2D eigenvalue weighted by Gasteiger charge is -2.15. The molecule has 1 atom stereocenters. The van der Waals surface area contributed by atoms with Crippen LogP contribution in [0.5, 0.6) is 5.75 Å². The first-order chi connectivity index (χ1) is 12.8. The topological polar surface area (TPSA) is 50.1 Å². The Hall–Kier alpha value is -2.73. The predicted octanol–water partition coefficient (Wildman–Crippen LogP) is 4.63. The largest absolute Gasteiger partial charge is 0.507 e. The van der Waals surface area contributed by atoms with Gasteiger partial charge in [-0.2, -0.15) is 5.10 Å². The highest BCUT2D eigenvalue weighted by atomic mass is 19.1. The second-order valence-electron chi connectivity index (χ2n) is 6.87. The lowest BCUT2D eigenvalue weighted by molar-refractivity contribution is 0.466. The van der Waals surface area contributed by atoms with Crippen LogP contribution in [0.3, 0.4) is 0 Å². The predicted molar refractivity (Wildman–Crippen MR) is 101 cm³/mol. The van der Waals surface area contributed by atoms with E-state index in [0.717, 1.165) is 34.0 Å². The van der Waals surface area contributed by atoms with Gasteiger partial charge in [0.1, 0.15) is 17.3 Å². The van der Waals surface area contributed by atoms with Gasteiger partial charge in [-0.05, 0) is 56.5 Å². The summed E-state index contributed by atoms with van der Waals surface area (Å²) in [4.78, 5) is 0. The zero-order valence-corrected chi connectivity index (χ0v) is 15.8. The molecule has 0 aliphatic carbocycles. The number of rotatable bonds is 5. The van der Waals surface area contributed by atoms with Crippen molar-refractivity contribution in [3.8, 4) is 11.4 Å². The Balaban J connectivity index is 1.78. The molecule has 3 aromatic rings. The molecule has 1 heterocycles. The highest BCUT2D eigenvalue weighted by Gasteiger charge is 2.16. The van der Waals surface area contributed by atoms with Gasteiger partial charge < -0.3 is 10.4 Å². The Labute approximate surface area is 157 Å². The Morgan fingerprint density at radius 3 is 2.41 bits per heavy atom. The van der Waals surface area contributed by atoms with Crippen molar-refractivity contribution < 1.29 is 13.9 Å². The molecule has 27 heavy (non-hydrogen) atoms. The van der Waals surface area contributed by atoms with Crippen LogP contribution >= 0.6 is 0 Å². The molecular weight excluding hydrogens is 348 g/mol. The van der Waals surface area contributed by atoms with Crippen molar-refractivity contribution in [1.82, 2.24) is 15.1 Å². The Bertz CT molecular complexity index is 959. The maximum Gasteiger partial charge on any atom is 0.151 e. The van der Waals surface area contributed by atoms with Crippen LogP contribution in [0, 0.1) is 32.4 Å². The van der Waals surface area contributed by atoms with Crippen molar-refractivity contribution in [1.29, 1.82) is 0 Å². The monoisotopic (exact) mass is 371 g/mol. The molecule has 1 aromatic heterocycles. The molecule has 2 aromatic carbocycles. The highest BCUT2D eigenvalue weighted by molar-refractivity contribution is 5.42. The molecule has 0 unspecified atom stereocenters. The molecular formula is C21H23F2N3O. The molecule has 0 saturated carbocycles. The number of benzene rings is 2. The number of phenols is 1. The summed E-state index contributed by atoms with van der Waals surface area (Å²) in [5.41, 5.74) is 4.71. The van der Waals surface area contributed by atoms with Gasteiger partial charge in [0, 0.05) is 29.9 Å². The second-order valence-corrected chi connectivity index (χ2v) is 6.87. The molecule has 3 rings (SSSR count). The lowest BCUT2D eigenvalue weighted by Crippen LogP contribution is -2.19. The molecule has 0 aliphatic rings. The third-order valence-corrected chi connectivity index (χ3v) is 4.82. The first kappa shape index (κ1) is 19.0. The molecule has 0 aliphatic heterocycles. The zero-order chi connectivity index (χ0) is 19.7. The fourth-order valence-electron chi connectivity index (χ4n) is 3.27. The Kier molecular flexibility index (Phi) is 5.28. The fourth-order valence-corrected chi connectivity index (χ4v) is 3.27. The van der Waals surface area contributed by atoms with E-state index in [4.69, 9.17) is 0 Å². The summed E-state index contributed by atoms with van der Waals surface area (Å²) >= 11 is 0. The fraction of sp³-hybridized carbons (Fsp3) is 0.286. The van der Waals surface area contributed by atoms with Crippen LogP contribution in [0.1, 0.15) is 40.9 Å². The molecule has 0 saturated heterocycles. The van der Waals surface area contributed by atoms with Crippen molar-refractivity contribution in [2.24, 2.45) is 0 Å². The van der Waals surface area contributed by atoms with Crippen LogP contribution in [-0.2, 0) is 6.54 Å². The maximum atomic E-state index is 14.1. The van der Waals surface area contributed by atoms with Gasteiger partial charge >= 0.3 is 0 Å². The molecule has 0 radical (unpaired) electrons. The average molecular weight is 371 g/mol. The summed E-state index contributed by atoms with van der Waals surface area (Å²) in [7, 11) is 0. The maximum absolute atomic E-state index is 14.1. The normalized spacial score (nSPS) is 12.4. The molecule has 0 fully saturated rings. The van der Waals surface area contributed by atoms with E-state index in [0.29, 0.717) is 12.3 Å². The number of phenolic OH excluding ortho intramolecular Hbond substituents is 1. The summed E-state index contributed by atoms with van der Waals surface area (Å²) in [6.45, 7) is 8.24. The number of nitrogens with one attached hydrogen (secondary N) is 1. The van der Waals surface area contributed by atoms with Crippen LogP contribution in [0.25, 0.3) is 5.69 Å². The number of halogens is 2. The van der Waals surface area contributed by atoms with Crippen molar-refractivity contribution in [2.45, 2.75) is 40.3 Å². The summed E-state index contributed by atoms with van der Waals surface area (Å²) in [6, 6.07) is 7.34. The van der Waals surface area contributed by atoms with E-state index >= 15 is 0 Å². The van der Waals surface area contributed by atoms with Crippen LogP contribution in [0.4, 0.5) is 8.78 Å². The molecule has 142 valence electrons. The van der Waals surface area contributed by atoms with Crippen LogP contribution in [0.15, 0.2) is 36.5 Å². The Morgan fingerprint density at radius 1 is 1.11 bits per heavy atom. The van der Waals surface area contributed by atoms with E-state index < -0.39 is 11.6 Å². The molecule has 0 amide bonds. The van der Waals surface area contributed by atoms with Crippen LogP contribution in [0.2, 0.25) is 0 Å². The number of aromatic hydroxyl groups is 1. The zero-order valence-electron chi connectivity index (χ0n) is 15.8. The van der Waals surface area contributed by atoms with Gasteiger partial charge in [-0.25, -0.2) is 13.5 Å². The number of nitrogens with zero attached hydrogens (tertiary/aromatic N) is 2. The molecule has 4 nitrogen and oxygen atoms in total. The van der Waals surface area contributed by atoms with Gasteiger partial charge in [-0.3, -0.25) is 0 Å². The lowest BCUT2D eigenvalue weighted by atomic mass is 10.0. The molecule has 6 heteroatoms. The first-order valence-electron chi connectivity index (χ1n) is 8.80. The van der Waals surface area contributed by atoms with Crippen molar-refractivity contribution in [3.63, 3.8) is 0 Å². The van der Waals surface area contributed by atoms with E-state index in [-0.39, 0.29) is 11.7 Å². The smallest absolute Gasteiger partial charge is 0.151 e. The quantitative estimate of drug-likeness (QED) is 0.687. The summed E-state index contributed by atoms with van der Waals surface area (Å²) in [5.74, 6) is -0.940. The number of aromatic nitrogens is 2. The van der Waals surface area contributed by atoms with Gasteiger partial charge in [0.2, 0.25) is 0 Å². The molecule has 0 bridgehead atoms. The number of hydrogen-bond acceptors (Lipinski definition) is 3. The minimum Gasteiger partial charge on any atom is -0.507 e. The Morgan fingerprint density at radius 2 is 1.78 bits per heavy atom. The van der Waals surface area contributed by atoms with Gasteiger partial charge in [0.25, 0.3) is 0 Å². The minimum atomic E-state index is -0.650. The van der Waals surface area contributed by atoms with Gasteiger partial charge in [0.05, 0.1) is 6.20 Å². The van der Waals surface area contributed by atoms with Crippen LogP contribution in [-0.4, -0.2) is 14.9 Å². The van der Waals surface area contributed by atoms with Gasteiger partial charge in [-0.1, -0.05) is 12.1 Å². The van der Waals surface area contributed by atoms with Crippen molar-refractivity contribution >= 4 is 0 Å². The molecule has 0 spiro atoms. The van der Waals surface area contributed by atoms with E-state index in [9.17, 15) is 13.9 Å². The number of hydrogen-bond donors (Lipinski definition) is 2. The number of aryl methyl sites for hydroxylation is 2. The van der Waals surface area contributed by atoms with E-state index in [1.807, 2.05) is 39.8 Å². The third kappa shape index (κ3) is 3.85. The second kappa shape index (κ2) is 7.48. The third-order valence-electron chi connectivity index (χ3n) is 4.82. The van der Waals surface area contributed by atoms with E-state index in [2.05, 4.69) is 10.4 Å². The van der Waals surface area contributed by atoms with E-state index in [1.54, 1.807) is 6.20 Å². The van der Waals surface area contributed by atoms with E-state index in [1.165, 1.54) is 16.8 Å². The van der Waals surface area contributed by atoms with Crippen molar-refractivity contribution in [2.75, 3.05) is 0 Å². The van der Waals surface area contributed by atoms with Gasteiger partial charge in [0.15, 0.2) is 5.82 Å². The standard InChI is InChI=1S/C21H23F2N3O/c1-12-7-16(8-13(2)21(12)27)10-24-14(3)18-11-25-26(15(18)4)20-6-5-17(22)9-19(20)23/h5-9,11,14,24,27H,10H2,1-4H3/t14-/m0/s1. The highest BCUT2D eigenvalue weighted by Crippen LogP contribution is 2.25.